The van der Waals surface area contributed by atoms with Crippen molar-refractivity contribution >= 4 is 14.0 Å². The van der Waals surface area contributed by atoms with E-state index in [9.17, 15) is 4.79 Å². The van der Waals surface area contributed by atoms with Crippen molar-refractivity contribution in [3.63, 3.8) is 0 Å². The van der Waals surface area contributed by atoms with Crippen LogP contribution in [0.1, 0.15) is 8.29 Å². The van der Waals surface area contributed by atoms with Crippen LogP contribution in [0.3, 0.4) is 0 Å². The van der Waals surface area contributed by atoms with E-state index in [2.05, 4.69) is 19.6 Å². The molecule has 0 aromatic rings. The summed E-state index contributed by atoms with van der Waals surface area (Å²) in [6.07, 6.45) is 0.525. The zero-order valence-corrected chi connectivity index (χ0v) is 8.60. The lowest BCUT2D eigenvalue weighted by atomic mass is 10.4. The minimum absolute atomic E-state index is 0.355. The van der Waals surface area contributed by atoms with Crippen LogP contribution in [0.25, 0.3) is 0 Å². The Hall–Kier alpha value is -0.573. The van der Waals surface area contributed by atoms with E-state index in [0.29, 0.717) is 11.8 Å². The SMILES string of the molecule is [2H]C=C(C)C(=O)OC[Si](C)(C)C. The molecule has 0 saturated carbocycles. The van der Waals surface area contributed by atoms with Gasteiger partial charge in [-0.15, -0.1) is 0 Å². The summed E-state index contributed by atoms with van der Waals surface area (Å²) in [4.78, 5) is 11.0. The molecular formula is C8H16O2Si. The molecule has 2 nitrogen and oxygen atoms in total. The molecular weight excluding hydrogens is 156 g/mol. The lowest BCUT2D eigenvalue weighted by Gasteiger charge is -2.15. The van der Waals surface area contributed by atoms with Crippen LogP contribution in [0, 0.1) is 0 Å². The summed E-state index contributed by atoms with van der Waals surface area (Å²) >= 11 is 0. The number of carbonyl (C=O) groups excluding carboxylic acids is 1. The maximum Gasteiger partial charge on any atom is 0.332 e. The van der Waals surface area contributed by atoms with Crippen LogP contribution in [0.2, 0.25) is 19.6 Å². The number of hydrogen-bond acceptors (Lipinski definition) is 2. The number of carbonyl (C=O) groups is 1. The van der Waals surface area contributed by atoms with E-state index in [1.165, 1.54) is 0 Å². The molecule has 3 heteroatoms. The molecule has 0 spiro atoms. The maximum absolute atomic E-state index is 11.0. The zero-order valence-electron chi connectivity index (χ0n) is 8.60. The molecule has 0 unspecified atom stereocenters. The van der Waals surface area contributed by atoms with Crippen molar-refractivity contribution in [2.75, 3.05) is 6.23 Å². The second kappa shape index (κ2) is 3.71. The van der Waals surface area contributed by atoms with Gasteiger partial charge in [-0.25, -0.2) is 4.79 Å². The van der Waals surface area contributed by atoms with Crippen molar-refractivity contribution in [1.29, 1.82) is 0 Å². The van der Waals surface area contributed by atoms with Gasteiger partial charge >= 0.3 is 5.97 Å². The lowest BCUT2D eigenvalue weighted by molar-refractivity contribution is -0.137. The van der Waals surface area contributed by atoms with Crippen LogP contribution < -0.4 is 0 Å². The fourth-order valence-electron chi connectivity index (χ4n) is 0.396. The smallest absolute Gasteiger partial charge is 0.332 e. The van der Waals surface area contributed by atoms with E-state index in [4.69, 9.17) is 6.11 Å². The first-order valence-corrected chi connectivity index (χ1v) is 7.30. The third-order valence-electron chi connectivity index (χ3n) is 0.958. The van der Waals surface area contributed by atoms with Crippen molar-refractivity contribution in [1.82, 2.24) is 0 Å². The Kier molecular flexibility index (Phi) is 2.88. The Morgan fingerprint density at radius 3 is 2.55 bits per heavy atom. The van der Waals surface area contributed by atoms with E-state index in [-0.39, 0.29) is 5.97 Å². The maximum atomic E-state index is 11.0. The molecule has 0 aliphatic heterocycles. The standard InChI is InChI=1S/C8H16O2Si/c1-7(2)8(9)10-6-11(3,4)5/h1,6H2,2-5H3/i1D. The monoisotopic (exact) mass is 173 g/mol. The fourth-order valence-corrected chi connectivity index (χ4v) is 0.960. The normalized spacial score (nSPS) is 14.2. The Bertz CT molecular complexity index is 194. The summed E-state index contributed by atoms with van der Waals surface area (Å²) in [5.41, 5.74) is 0.355. The van der Waals surface area contributed by atoms with E-state index < -0.39 is 8.07 Å². The summed E-state index contributed by atoms with van der Waals surface area (Å²) in [7, 11) is -1.31. The Balaban J connectivity index is 3.89. The van der Waals surface area contributed by atoms with Crippen LogP contribution >= 0.6 is 0 Å². The van der Waals surface area contributed by atoms with Gasteiger partial charge in [-0.2, -0.15) is 0 Å². The second-order valence-corrected chi connectivity index (χ2v) is 9.23. The fraction of sp³-hybridized carbons (Fsp3) is 0.625. The van der Waals surface area contributed by atoms with Gasteiger partial charge in [0.25, 0.3) is 0 Å². The van der Waals surface area contributed by atoms with E-state index in [1.807, 2.05) is 0 Å². The number of esters is 1. The summed E-state index contributed by atoms with van der Waals surface area (Å²) in [6.45, 7) is 8.98. The van der Waals surface area contributed by atoms with Crippen LogP contribution in [-0.2, 0) is 9.53 Å². The van der Waals surface area contributed by atoms with Crippen molar-refractivity contribution < 1.29 is 10.9 Å². The first-order valence-electron chi connectivity index (χ1n) is 4.17. The highest BCUT2D eigenvalue weighted by Crippen LogP contribution is 2.02. The van der Waals surface area contributed by atoms with Crippen LogP contribution in [-0.4, -0.2) is 20.3 Å². The molecule has 64 valence electrons. The average Bonchev–Trinajstić information content (AvgIpc) is 1.97. The van der Waals surface area contributed by atoms with E-state index >= 15 is 0 Å². The molecule has 0 heterocycles. The van der Waals surface area contributed by atoms with Crippen LogP contribution in [0.15, 0.2) is 12.1 Å². The highest BCUT2D eigenvalue weighted by atomic mass is 28.3. The molecule has 11 heavy (non-hydrogen) atoms. The molecule has 0 aromatic carbocycles. The molecule has 0 aliphatic carbocycles. The Morgan fingerprint density at radius 1 is 1.64 bits per heavy atom. The largest absolute Gasteiger partial charge is 0.466 e. The van der Waals surface area contributed by atoms with Crippen molar-refractivity contribution in [2.24, 2.45) is 0 Å². The van der Waals surface area contributed by atoms with Crippen LogP contribution in [0.4, 0.5) is 0 Å². The van der Waals surface area contributed by atoms with Gasteiger partial charge in [-0.1, -0.05) is 26.2 Å². The van der Waals surface area contributed by atoms with Gasteiger partial charge in [0.15, 0.2) is 0 Å². The van der Waals surface area contributed by atoms with Gasteiger partial charge in [0, 0.05) is 5.57 Å². The lowest BCUT2D eigenvalue weighted by Crippen LogP contribution is -2.29. The Morgan fingerprint density at radius 2 is 2.18 bits per heavy atom. The van der Waals surface area contributed by atoms with Crippen molar-refractivity contribution in [2.45, 2.75) is 26.6 Å². The minimum atomic E-state index is -1.31. The van der Waals surface area contributed by atoms with Crippen molar-refractivity contribution in [3.05, 3.63) is 12.1 Å². The predicted molar refractivity (Wildman–Crippen MR) is 49.1 cm³/mol. The highest BCUT2D eigenvalue weighted by Gasteiger charge is 2.16. The third kappa shape index (κ3) is 5.85. The quantitative estimate of drug-likeness (QED) is 0.370. The average molecular weight is 173 g/mol. The minimum Gasteiger partial charge on any atom is -0.466 e. The molecule has 0 fully saturated rings. The van der Waals surface area contributed by atoms with Gasteiger partial charge in [-0.05, 0) is 6.92 Å². The number of hydrogen-bond donors (Lipinski definition) is 0. The summed E-state index contributed by atoms with van der Waals surface area (Å²) in [5, 5.41) is 0. The summed E-state index contributed by atoms with van der Waals surface area (Å²) < 4.78 is 11.8. The van der Waals surface area contributed by atoms with Gasteiger partial charge < -0.3 is 4.74 Å². The number of rotatable bonds is 3. The highest BCUT2D eigenvalue weighted by molar-refractivity contribution is 6.76. The third-order valence-corrected chi connectivity index (χ3v) is 1.97. The molecule has 0 atom stereocenters. The molecule has 0 amide bonds. The van der Waals surface area contributed by atoms with Gasteiger partial charge in [-0.3, -0.25) is 0 Å². The van der Waals surface area contributed by atoms with Gasteiger partial charge in [0.2, 0.25) is 0 Å². The van der Waals surface area contributed by atoms with Crippen molar-refractivity contribution in [3.8, 4) is 0 Å². The van der Waals surface area contributed by atoms with Gasteiger partial charge in [0.1, 0.15) is 0 Å². The van der Waals surface area contributed by atoms with Gasteiger partial charge in [0.05, 0.1) is 15.7 Å². The topological polar surface area (TPSA) is 26.3 Å². The molecule has 0 aromatic heterocycles. The predicted octanol–water partition coefficient (Wildman–Crippen LogP) is 1.98. The first kappa shape index (κ1) is 8.52. The van der Waals surface area contributed by atoms with E-state index in [0.717, 1.165) is 6.55 Å². The summed E-state index contributed by atoms with van der Waals surface area (Å²) in [5.74, 6) is -0.368. The second-order valence-electron chi connectivity index (χ2n) is 3.82. The first-order chi connectivity index (χ1) is 5.37. The van der Waals surface area contributed by atoms with E-state index in [1.54, 1.807) is 6.92 Å². The molecule has 0 saturated heterocycles. The number of ether oxygens (including phenoxy) is 1. The summed E-state index contributed by atoms with van der Waals surface area (Å²) in [6, 6.07) is 0. The molecule has 0 rings (SSSR count). The zero-order chi connectivity index (χ0) is 9.78. The molecule has 0 N–H and O–H groups in total. The Labute approximate surface area is 70.7 Å². The molecule has 0 aliphatic rings. The van der Waals surface area contributed by atoms with Crippen LogP contribution in [0.5, 0.6) is 0 Å². The molecule has 0 bridgehead atoms. The molecule has 0 radical (unpaired) electrons.